The molecule has 1 atom stereocenters. The summed E-state index contributed by atoms with van der Waals surface area (Å²) in [7, 11) is -0.554. The third-order valence-corrected chi connectivity index (χ3v) is 5.65. The largest absolute Gasteiger partial charge is 0.466 e. The van der Waals surface area contributed by atoms with Crippen molar-refractivity contribution in [3.05, 3.63) is 47.8 Å². The number of carbonyl (C=O) groups is 1. The summed E-state index contributed by atoms with van der Waals surface area (Å²) < 4.78 is 19.6. The molecule has 1 unspecified atom stereocenters. The third-order valence-electron chi connectivity index (χ3n) is 5.65. The fraction of sp³-hybridized carbons (Fsp3) is 0.524. The van der Waals surface area contributed by atoms with Crippen LogP contribution >= 0.6 is 0 Å². The minimum Gasteiger partial charge on any atom is -0.466 e. The van der Waals surface area contributed by atoms with E-state index in [1.807, 2.05) is 75.8 Å². The molecule has 0 N–H and O–H groups in total. The molecule has 0 spiro atoms. The maximum atomic E-state index is 12.3. The van der Waals surface area contributed by atoms with E-state index in [9.17, 15) is 4.79 Å². The molecule has 1 fully saturated rings. The number of rotatable bonds is 6. The smallest absolute Gasteiger partial charge is 0.466 e. The van der Waals surface area contributed by atoms with E-state index < -0.39 is 18.3 Å². The summed E-state index contributed by atoms with van der Waals surface area (Å²) in [6.45, 7) is 12.1. The van der Waals surface area contributed by atoms with Crippen LogP contribution in [0.5, 0.6) is 0 Å². The summed E-state index contributed by atoms with van der Waals surface area (Å²) in [5.41, 5.74) is 1.77. The zero-order valence-corrected chi connectivity index (χ0v) is 17.6. The van der Waals surface area contributed by atoms with Crippen LogP contribution < -0.4 is 0 Å². The van der Waals surface area contributed by atoms with E-state index in [1.165, 1.54) is 0 Å². The zero-order valence-electron chi connectivity index (χ0n) is 17.6. The van der Waals surface area contributed by atoms with Crippen LogP contribution in [0.1, 0.15) is 58.1 Å². The summed E-state index contributed by atoms with van der Waals surface area (Å²) in [5, 5.41) is 4.65. The van der Waals surface area contributed by atoms with Crippen LogP contribution in [0.4, 0.5) is 0 Å². The molecule has 0 saturated carbocycles. The molecule has 0 radical (unpaired) electrons. The third kappa shape index (κ3) is 4.01. The van der Waals surface area contributed by atoms with E-state index in [-0.39, 0.29) is 18.2 Å². The number of nitrogens with zero attached hydrogens (tertiary/aromatic N) is 2. The molecule has 1 aliphatic heterocycles. The van der Waals surface area contributed by atoms with Gasteiger partial charge in [-0.05, 0) is 59.2 Å². The Kier molecular flexibility index (Phi) is 5.68. The van der Waals surface area contributed by atoms with E-state index in [2.05, 4.69) is 5.10 Å². The van der Waals surface area contributed by atoms with Crippen molar-refractivity contribution in [1.82, 2.24) is 9.78 Å². The first kappa shape index (κ1) is 20.6. The number of esters is 1. The predicted molar refractivity (Wildman–Crippen MR) is 108 cm³/mol. The minimum absolute atomic E-state index is 0.173. The van der Waals surface area contributed by atoms with Gasteiger partial charge in [0.1, 0.15) is 0 Å². The number of carbonyl (C=O) groups excluding carboxylic acids is 1. The van der Waals surface area contributed by atoms with Gasteiger partial charge in [0.25, 0.3) is 0 Å². The molecule has 1 aliphatic rings. The molecule has 0 bridgehead atoms. The van der Waals surface area contributed by atoms with Gasteiger partial charge in [-0.25, -0.2) is 4.68 Å². The van der Waals surface area contributed by atoms with Gasteiger partial charge in [-0.3, -0.25) is 4.79 Å². The van der Waals surface area contributed by atoms with Crippen LogP contribution in [-0.4, -0.2) is 40.7 Å². The molecule has 3 rings (SSSR count). The van der Waals surface area contributed by atoms with Gasteiger partial charge in [-0.2, -0.15) is 5.10 Å². The summed E-state index contributed by atoms with van der Waals surface area (Å²) in [4.78, 5) is 12.3. The average molecular weight is 384 g/mol. The van der Waals surface area contributed by atoms with Gasteiger partial charge in [0.2, 0.25) is 0 Å². The van der Waals surface area contributed by atoms with Crippen LogP contribution in [0, 0.1) is 6.92 Å². The second-order valence-electron chi connectivity index (χ2n) is 8.19. The first-order chi connectivity index (χ1) is 13.1. The normalized spacial score (nSPS) is 18.9. The Bertz CT molecular complexity index is 816. The van der Waals surface area contributed by atoms with Crippen LogP contribution in [0.25, 0.3) is 5.69 Å². The Morgan fingerprint density at radius 1 is 1.18 bits per heavy atom. The Hall–Kier alpha value is -2.12. The Labute approximate surface area is 167 Å². The van der Waals surface area contributed by atoms with Gasteiger partial charge in [0, 0.05) is 12.0 Å². The Balaban J connectivity index is 1.96. The van der Waals surface area contributed by atoms with E-state index in [4.69, 9.17) is 14.0 Å². The summed E-state index contributed by atoms with van der Waals surface area (Å²) >= 11 is 0. The second kappa shape index (κ2) is 7.72. The van der Waals surface area contributed by atoms with Crippen molar-refractivity contribution in [3.8, 4) is 5.69 Å². The number of aromatic nitrogens is 2. The van der Waals surface area contributed by atoms with Crippen LogP contribution in [0.3, 0.4) is 0 Å². The predicted octanol–water partition coefficient (Wildman–Crippen LogP) is 3.85. The van der Waals surface area contributed by atoms with Crippen molar-refractivity contribution < 1.29 is 18.8 Å². The lowest BCUT2D eigenvalue weighted by Crippen LogP contribution is -2.41. The highest BCUT2D eigenvalue weighted by atomic mass is 16.7. The lowest BCUT2D eigenvalue weighted by Gasteiger charge is -2.32. The van der Waals surface area contributed by atoms with E-state index in [0.717, 1.165) is 16.9 Å². The van der Waals surface area contributed by atoms with Crippen LogP contribution in [0.2, 0.25) is 0 Å². The van der Waals surface area contributed by atoms with Crippen molar-refractivity contribution in [2.45, 2.75) is 65.0 Å². The molecule has 1 saturated heterocycles. The molecular weight excluding hydrogens is 355 g/mol. The number of para-hydroxylation sites is 1. The molecule has 0 amide bonds. The first-order valence-electron chi connectivity index (χ1n) is 9.77. The van der Waals surface area contributed by atoms with Gasteiger partial charge in [-0.15, -0.1) is 0 Å². The number of hydrogen-bond acceptors (Lipinski definition) is 5. The maximum Gasteiger partial charge on any atom is 0.466 e. The van der Waals surface area contributed by atoms with Crippen molar-refractivity contribution in [1.29, 1.82) is 0 Å². The van der Waals surface area contributed by atoms with Crippen molar-refractivity contribution in [3.63, 3.8) is 0 Å². The molecule has 150 valence electrons. The highest BCUT2D eigenvalue weighted by Crippen LogP contribution is 2.42. The fourth-order valence-corrected chi connectivity index (χ4v) is 3.36. The average Bonchev–Trinajstić information content (AvgIpc) is 3.10. The topological polar surface area (TPSA) is 62.6 Å². The number of aryl methyl sites for hydroxylation is 1. The lowest BCUT2D eigenvalue weighted by atomic mass is 9.66. The maximum absolute atomic E-state index is 12.3. The molecule has 2 aromatic rings. The molecule has 6 nitrogen and oxygen atoms in total. The zero-order chi connectivity index (χ0) is 20.5. The molecule has 1 aromatic heterocycles. The van der Waals surface area contributed by atoms with Crippen molar-refractivity contribution >= 4 is 13.1 Å². The van der Waals surface area contributed by atoms with Gasteiger partial charge in [-0.1, -0.05) is 18.2 Å². The minimum atomic E-state index is -0.554. The number of ether oxygens (including phenoxy) is 1. The summed E-state index contributed by atoms with van der Waals surface area (Å²) in [6.07, 6.45) is 2.13. The first-order valence-corrected chi connectivity index (χ1v) is 9.77. The lowest BCUT2D eigenvalue weighted by molar-refractivity contribution is -0.143. The quantitative estimate of drug-likeness (QED) is 0.559. The van der Waals surface area contributed by atoms with Crippen LogP contribution in [-0.2, 0) is 18.8 Å². The second-order valence-corrected chi connectivity index (χ2v) is 8.19. The van der Waals surface area contributed by atoms with E-state index in [0.29, 0.717) is 6.61 Å². The summed E-state index contributed by atoms with van der Waals surface area (Å²) in [5.74, 6) is -0.577. The molecule has 7 heteroatoms. The van der Waals surface area contributed by atoms with E-state index >= 15 is 0 Å². The van der Waals surface area contributed by atoms with Gasteiger partial charge >= 0.3 is 13.1 Å². The van der Waals surface area contributed by atoms with Gasteiger partial charge in [0.05, 0.1) is 35.6 Å². The highest BCUT2D eigenvalue weighted by molar-refractivity contribution is 6.48. The molecule has 28 heavy (non-hydrogen) atoms. The number of hydrogen-bond donors (Lipinski definition) is 0. The highest BCUT2D eigenvalue weighted by Gasteiger charge is 2.54. The standard InChI is InChI=1S/C21H29BN2O4/c1-7-26-19(25)13-18(22-27-20(3,4)21(5,6)28-22)17-14-24(23-15(17)2)16-11-9-8-10-12-16/h8-12,14,18H,7,13H2,1-6H3. The molecule has 1 aromatic carbocycles. The SMILES string of the molecule is CCOC(=O)CC(B1OC(C)(C)C(C)(C)O1)c1cn(-c2ccccc2)nc1C. The Morgan fingerprint density at radius 2 is 1.79 bits per heavy atom. The molecule has 0 aliphatic carbocycles. The van der Waals surface area contributed by atoms with Crippen molar-refractivity contribution in [2.75, 3.05) is 6.61 Å². The number of benzene rings is 1. The van der Waals surface area contributed by atoms with Crippen LogP contribution in [0.15, 0.2) is 36.5 Å². The monoisotopic (exact) mass is 384 g/mol. The fourth-order valence-electron chi connectivity index (χ4n) is 3.36. The van der Waals surface area contributed by atoms with Gasteiger partial charge < -0.3 is 14.0 Å². The Morgan fingerprint density at radius 3 is 2.36 bits per heavy atom. The van der Waals surface area contributed by atoms with Gasteiger partial charge in [0.15, 0.2) is 0 Å². The molecule has 2 heterocycles. The summed E-state index contributed by atoms with van der Waals surface area (Å²) in [6, 6.07) is 9.89. The molecular formula is C21H29BN2O4. The van der Waals surface area contributed by atoms with Crippen molar-refractivity contribution in [2.24, 2.45) is 0 Å². The van der Waals surface area contributed by atoms with E-state index in [1.54, 1.807) is 6.92 Å².